The van der Waals surface area contributed by atoms with Crippen molar-refractivity contribution in [3.05, 3.63) is 33.2 Å². The number of ether oxygens (including phenoxy) is 1. The van der Waals surface area contributed by atoms with Crippen molar-refractivity contribution in [2.45, 2.75) is 13.1 Å². The van der Waals surface area contributed by atoms with E-state index in [1.165, 1.54) is 4.88 Å². The van der Waals surface area contributed by atoms with Gasteiger partial charge >= 0.3 is 0 Å². The molecular weight excluding hydrogens is 248 g/mol. The molecule has 1 N–H and O–H groups in total. The maximum absolute atomic E-state index is 5.82. The summed E-state index contributed by atoms with van der Waals surface area (Å²) >= 11 is 7.39. The Morgan fingerprint density at radius 3 is 3.00 bits per heavy atom. The van der Waals surface area contributed by atoms with Gasteiger partial charge in [0.15, 0.2) is 5.76 Å². The summed E-state index contributed by atoms with van der Waals surface area (Å²) in [6.07, 6.45) is 0. The molecule has 2 rings (SSSR count). The summed E-state index contributed by atoms with van der Waals surface area (Å²) in [5.41, 5.74) is 0. The number of nitrogens with one attached hydrogen (secondary N) is 1. The molecule has 0 saturated heterocycles. The largest absolute Gasteiger partial charge is 0.479 e. The van der Waals surface area contributed by atoms with E-state index >= 15 is 0 Å². The standard InChI is InChI=1S/C10H11ClN2O2S/c1-14-10-4-7(15-13-10)5-12-6-8-2-3-9(11)16-8/h2-4,12H,5-6H2,1H3. The SMILES string of the molecule is COc1cc(CNCc2ccc(Cl)s2)on1. The van der Waals surface area contributed by atoms with Gasteiger partial charge in [-0.05, 0) is 17.3 Å². The number of nitrogens with zero attached hydrogens (tertiary/aromatic N) is 1. The molecule has 0 spiro atoms. The summed E-state index contributed by atoms with van der Waals surface area (Å²) in [7, 11) is 1.56. The highest BCUT2D eigenvalue weighted by molar-refractivity contribution is 7.16. The van der Waals surface area contributed by atoms with Crippen LogP contribution in [0.3, 0.4) is 0 Å². The Balaban J connectivity index is 1.79. The van der Waals surface area contributed by atoms with Crippen molar-refractivity contribution in [1.82, 2.24) is 10.5 Å². The first kappa shape index (κ1) is 11.4. The molecular formula is C10H11ClN2O2S. The van der Waals surface area contributed by atoms with Gasteiger partial charge in [0.25, 0.3) is 5.88 Å². The van der Waals surface area contributed by atoms with Gasteiger partial charge in [-0.15, -0.1) is 11.3 Å². The van der Waals surface area contributed by atoms with Crippen LogP contribution in [0.25, 0.3) is 0 Å². The molecule has 0 aromatic carbocycles. The summed E-state index contributed by atoms with van der Waals surface area (Å²) in [6.45, 7) is 1.38. The molecule has 0 unspecified atom stereocenters. The minimum atomic E-state index is 0.496. The van der Waals surface area contributed by atoms with Gasteiger partial charge in [0.05, 0.1) is 18.0 Å². The molecule has 4 nitrogen and oxygen atoms in total. The smallest absolute Gasteiger partial charge is 0.254 e. The van der Waals surface area contributed by atoms with E-state index < -0.39 is 0 Å². The highest BCUT2D eigenvalue weighted by Gasteiger charge is 2.03. The molecule has 2 aromatic heterocycles. The number of hydrogen-bond donors (Lipinski definition) is 1. The Morgan fingerprint density at radius 2 is 2.38 bits per heavy atom. The second-order valence-electron chi connectivity index (χ2n) is 3.14. The Kier molecular flexibility index (Phi) is 3.82. The van der Waals surface area contributed by atoms with Crippen LogP contribution in [0.1, 0.15) is 10.6 Å². The Morgan fingerprint density at radius 1 is 1.50 bits per heavy atom. The molecule has 0 saturated carbocycles. The fourth-order valence-electron chi connectivity index (χ4n) is 1.23. The third kappa shape index (κ3) is 2.98. The summed E-state index contributed by atoms with van der Waals surface area (Å²) in [4.78, 5) is 1.19. The van der Waals surface area contributed by atoms with Crippen molar-refractivity contribution in [2.75, 3.05) is 7.11 Å². The third-order valence-corrected chi connectivity index (χ3v) is 3.20. The van der Waals surface area contributed by atoms with Crippen LogP contribution in [-0.2, 0) is 13.1 Å². The van der Waals surface area contributed by atoms with Crippen LogP contribution >= 0.6 is 22.9 Å². The Bertz CT molecular complexity index is 455. The van der Waals surface area contributed by atoms with Crippen LogP contribution in [0, 0.1) is 0 Å². The maximum Gasteiger partial charge on any atom is 0.254 e. The molecule has 0 bridgehead atoms. The zero-order valence-corrected chi connectivity index (χ0v) is 10.3. The number of rotatable bonds is 5. The Labute approximate surface area is 102 Å². The van der Waals surface area contributed by atoms with Gasteiger partial charge in [0, 0.05) is 17.5 Å². The van der Waals surface area contributed by atoms with Gasteiger partial charge in [-0.25, -0.2) is 0 Å². The molecule has 16 heavy (non-hydrogen) atoms. The normalized spacial score (nSPS) is 10.6. The summed E-state index contributed by atoms with van der Waals surface area (Å²) in [5.74, 6) is 1.25. The highest BCUT2D eigenvalue weighted by atomic mass is 35.5. The maximum atomic E-state index is 5.82. The monoisotopic (exact) mass is 258 g/mol. The van der Waals surface area contributed by atoms with Gasteiger partial charge in [0.1, 0.15) is 0 Å². The Hall–Kier alpha value is -1.04. The van der Waals surface area contributed by atoms with E-state index in [1.54, 1.807) is 24.5 Å². The molecule has 0 radical (unpaired) electrons. The van der Waals surface area contributed by atoms with E-state index in [0.29, 0.717) is 12.4 Å². The molecule has 0 aliphatic rings. The lowest BCUT2D eigenvalue weighted by atomic mass is 10.4. The predicted molar refractivity (Wildman–Crippen MR) is 62.9 cm³/mol. The summed E-state index contributed by atoms with van der Waals surface area (Å²) in [6, 6.07) is 5.65. The van der Waals surface area contributed by atoms with Gasteiger partial charge in [0.2, 0.25) is 0 Å². The van der Waals surface area contributed by atoms with E-state index in [-0.39, 0.29) is 0 Å². The van der Waals surface area contributed by atoms with Crippen LogP contribution in [0.15, 0.2) is 22.7 Å². The molecule has 2 aromatic rings. The van der Waals surface area contributed by atoms with E-state index in [0.717, 1.165) is 16.6 Å². The van der Waals surface area contributed by atoms with Crippen LogP contribution in [-0.4, -0.2) is 12.3 Å². The summed E-state index contributed by atoms with van der Waals surface area (Å²) in [5, 5.41) is 6.94. The number of halogens is 1. The number of methoxy groups -OCH3 is 1. The first-order valence-corrected chi connectivity index (χ1v) is 5.92. The molecule has 0 amide bonds. The van der Waals surface area contributed by atoms with Crippen molar-refractivity contribution in [2.24, 2.45) is 0 Å². The topological polar surface area (TPSA) is 47.3 Å². The van der Waals surface area contributed by atoms with Gasteiger partial charge < -0.3 is 14.6 Å². The zero-order chi connectivity index (χ0) is 11.4. The number of thiophene rings is 1. The lowest BCUT2D eigenvalue weighted by Crippen LogP contribution is -2.10. The van der Waals surface area contributed by atoms with Crippen LogP contribution in [0.4, 0.5) is 0 Å². The van der Waals surface area contributed by atoms with Crippen LogP contribution < -0.4 is 10.1 Å². The minimum Gasteiger partial charge on any atom is -0.479 e. The molecule has 0 fully saturated rings. The molecule has 0 aliphatic carbocycles. The van der Waals surface area contributed by atoms with Crippen molar-refractivity contribution < 1.29 is 9.26 Å². The summed E-state index contributed by atoms with van der Waals surface area (Å²) < 4.78 is 10.8. The van der Waals surface area contributed by atoms with Crippen molar-refractivity contribution in [1.29, 1.82) is 0 Å². The zero-order valence-electron chi connectivity index (χ0n) is 8.70. The van der Waals surface area contributed by atoms with E-state index in [4.69, 9.17) is 20.9 Å². The fraction of sp³-hybridized carbons (Fsp3) is 0.300. The molecule has 2 heterocycles. The van der Waals surface area contributed by atoms with Crippen molar-refractivity contribution in [3.8, 4) is 5.88 Å². The first-order valence-electron chi connectivity index (χ1n) is 4.72. The fourth-order valence-corrected chi connectivity index (χ4v) is 2.29. The minimum absolute atomic E-state index is 0.496. The third-order valence-electron chi connectivity index (χ3n) is 1.97. The highest BCUT2D eigenvalue weighted by Crippen LogP contribution is 2.21. The van der Waals surface area contributed by atoms with E-state index in [2.05, 4.69) is 10.5 Å². The molecule has 6 heteroatoms. The average Bonchev–Trinajstić information content (AvgIpc) is 2.88. The van der Waals surface area contributed by atoms with Crippen LogP contribution in [0.5, 0.6) is 5.88 Å². The number of aromatic nitrogens is 1. The first-order chi connectivity index (χ1) is 7.78. The second-order valence-corrected chi connectivity index (χ2v) is 4.94. The van der Waals surface area contributed by atoms with Gasteiger partial charge in [-0.2, -0.15) is 0 Å². The molecule has 0 aliphatic heterocycles. The lowest BCUT2D eigenvalue weighted by molar-refractivity contribution is 0.323. The molecule has 86 valence electrons. The lowest BCUT2D eigenvalue weighted by Gasteiger charge is -1.98. The van der Waals surface area contributed by atoms with E-state index in [9.17, 15) is 0 Å². The van der Waals surface area contributed by atoms with Gasteiger partial charge in [-0.1, -0.05) is 11.6 Å². The van der Waals surface area contributed by atoms with Crippen LogP contribution in [0.2, 0.25) is 4.34 Å². The van der Waals surface area contributed by atoms with Gasteiger partial charge in [-0.3, -0.25) is 0 Å². The molecule has 0 atom stereocenters. The quantitative estimate of drug-likeness (QED) is 0.896. The van der Waals surface area contributed by atoms with E-state index in [1.807, 2.05) is 12.1 Å². The van der Waals surface area contributed by atoms with Crippen molar-refractivity contribution in [3.63, 3.8) is 0 Å². The number of hydrogen-bond acceptors (Lipinski definition) is 5. The van der Waals surface area contributed by atoms with Crippen molar-refractivity contribution >= 4 is 22.9 Å². The predicted octanol–water partition coefficient (Wildman–Crippen LogP) is 2.69. The second kappa shape index (κ2) is 5.34. The average molecular weight is 259 g/mol.